The normalized spacial score (nSPS) is 31.3. The lowest BCUT2D eigenvalue weighted by molar-refractivity contribution is -0.148. The second kappa shape index (κ2) is 6.31. The average Bonchev–Trinajstić information content (AvgIpc) is 3.28. The number of hydrogen-bond donors (Lipinski definition) is 1. The second-order valence-electron chi connectivity index (χ2n) is 8.05. The third kappa shape index (κ3) is 2.76. The standard InChI is InChI=1S/C17H26N4O4S/c1-19-9-15(18-12-19)26(24,25)21-8-13-7-20(14-5-3-2-4-6-14)10-17(13,11-21)16(22)23/h9,12-14H,2-8,10-11H2,1H3,(H,22,23)/t13-,17-/m1/s1. The summed E-state index contributed by atoms with van der Waals surface area (Å²) in [5.41, 5.74) is -1.00. The number of carboxylic acid groups (broad SMARTS) is 1. The van der Waals surface area contributed by atoms with Gasteiger partial charge in [-0.1, -0.05) is 19.3 Å². The summed E-state index contributed by atoms with van der Waals surface area (Å²) < 4.78 is 28.7. The van der Waals surface area contributed by atoms with Crippen LogP contribution in [0.3, 0.4) is 0 Å². The first kappa shape index (κ1) is 17.9. The lowest BCUT2D eigenvalue weighted by Gasteiger charge is -2.33. The Morgan fingerprint density at radius 3 is 2.54 bits per heavy atom. The fourth-order valence-corrected chi connectivity index (χ4v) is 6.44. The van der Waals surface area contributed by atoms with E-state index < -0.39 is 21.4 Å². The zero-order valence-electron chi connectivity index (χ0n) is 15.0. The summed E-state index contributed by atoms with van der Waals surface area (Å²) in [6.07, 6.45) is 8.82. The highest BCUT2D eigenvalue weighted by molar-refractivity contribution is 7.89. The highest BCUT2D eigenvalue weighted by Gasteiger charge is 2.60. The van der Waals surface area contributed by atoms with Crippen molar-refractivity contribution in [3.8, 4) is 0 Å². The molecule has 0 spiro atoms. The minimum Gasteiger partial charge on any atom is -0.481 e. The third-order valence-corrected chi connectivity index (χ3v) is 8.10. The SMILES string of the molecule is Cn1cnc(S(=O)(=O)N2C[C@H]3CN(C4CCCCC4)C[C@@]3(C(=O)O)C2)c1. The Kier molecular flexibility index (Phi) is 4.36. The molecule has 1 aliphatic carbocycles. The molecule has 0 radical (unpaired) electrons. The van der Waals surface area contributed by atoms with Crippen molar-refractivity contribution in [3.63, 3.8) is 0 Å². The maximum Gasteiger partial charge on any atom is 0.312 e. The van der Waals surface area contributed by atoms with Crippen LogP contribution < -0.4 is 0 Å². The van der Waals surface area contributed by atoms with E-state index in [0.29, 0.717) is 19.1 Å². The largest absolute Gasteiger partial charge is 0.481 e. The van der Waals surface area contributed by atoms with Crippen LogP contribution in [0.25, 0.3) is 0 Å². The Labute approximate surface area is 153 Å². The number of aryl methyl sites for hydroxylation is 1. The van der Waals surface area contributed by atoms with Crippen LogP contribution in [0.2, 0.25) is 0 Å². The summed E-state index contributed by atoms with van der Waals surface area (Å²) in [6, 6.07) is 0.450. The molecule has 0 aromatic carbocycles. The van der Waals surface area contributed by atoms with E-state index in [-0.39, 0.29) is 24.0 Å². The van der Waals surface area contributed by atoms with Gasteiger partial charge in [0.25, 0.3) is 10.0 Å². The molecule has 0 unspecified atom stereocenters. The first-order valence-electron chi connectivity index (χ1n) is 9.28. The quantitative estimate of drug-likeness (QED) is 0.826. The number of fused-ring (bicyclic) bond motifs is 1. The predicted molar refractivity (Wildman–Crippen MR) is 94.0 cm³/mol. The molecule has 26 heavy (non-hydrogen) atoms. The number of aromatic nitrogens is 2. The van der Waals surface area contributed by atoms with Gasteiger partial charge in [0.2, 0.25) is 0 Å². The maximum absolute atomic E-state index is 12.9. The van der Waals surface area contributed by atoms with Crippen molar-refractivity contribution in [1.82, 2.24) is 18.8 Å². The van der Waals surface area contributed by atoms with Gasteiger partial charge < -0.3 is 9.67 Å². The van der Waals surface area contributed by atoms with E-state index in [2.05, 4.69) is 9.88 Å². The molecule has 3 heterocycles. The van der Waals surface area contributed by atoms with Crippen molar-refractivity contribution in [1.29, 1.82) is 0 Å². The highest BCUT2D eigenvalue weighted by Crippen LogP contribution is 2.46. The van der Waals surface area contributed by atoms with Crippen LogP contribution in [0.4, 0.5) is 0 Å². The number of carbonyl (C=O) groups is 1. The van der Waals surface area contributed by atoms with Crippen LogP contribution in [0.15, 0.2) is 17.6 Å². The number of rotatable bonds is 4. The second-order valence-corrected chi connectivity index (χ2v) is 9.94. The fraction of sp³-hybridized carbons (Fsp3) is 0.765. The number of likely N-dealkylation sites (tertiary alicyclic amines) is 1. The Balaban J connectivity index is 1.56. The van der Waals surface area contributed by atoms with E-state index >= 15 is 0 Å². The number of sulfonamides is 1. The molecule has 1 aromatic heterocycles. The minimum atomic E-state index is -3.75. The highest BCUT2D eigenvalue weighted by atomic mass is 32.2. The molecule has 1 saturated carbocycles. The smallest absolute Gasteiger partial charge is 0.312 e. The van der Waals surface area contributed by atoms with Crippen LogP contribution >= 0.6 is 0 Å². The van der Waals surface area contributed by atoms with Gasteiger partial charge in [-0.2, -0.15) is 4.31 Å². The summed E-state index contributed by atoms with van der Waals surface area (Å²) in [5.74, 6) is -1.04. The van der Waals surface area contributed by atoms with E-state index in [9.17, 15) is 18.3 Å². The third-order valence-electron chi connectivity index (χ3n) is 6.41. The monoisotopic (exact) mass is 382 g/mol. The van der Waals surface area contributed by atoms with Crippen molar-refractivity contribution in [2.75, 3.05) is 26.2 Å². The summed E-state index contributed by atoms with van der Waals surface area (Å²) in [7, 11) is -2.04. The molecular formula is C17H26N4O4S. The molecule has 2 saturated heterocycles. The van der Waals surface area contributed by atoms with Gasteiger partial charge >= 0.3 is 5.97 Å². The molecule has 4 rings (SSSR count). The molecule has 3 fully saturated rings. The summed E-state index contributed by atoms with van der Waals surface area (Å²) >= 11 is 0. The molecule has 9 heteroatoms. The molecule has 8 nitrogen and oxygen atoms in total. The van der Waals surface area contributed by atoms with Crippen molar-refractivity contribution in [3.05, 3.63) is 12.5 Å². The predicted octanol–water partition coefficient (Wildman–Crippen LogP) is 0.760. The maximum atomic E-state index is 12.9. The molecule has 2 aliphatic heterocycles. The lowest BCUT2D eigenvalue weighted by Crippen LogP contribution is -2.44. The van der Waals surface area contributed by atoms with Gasteiger partial charge in [0, 0.05) is 51.4 Å². The van der Waals surface area contributed by atoms with E-state index in [1.807, 2.05) is 0 Å². The first-order valence-corrected chi connectivity index (χ1v) is 10.7. The van der Waals surface area contributed by atoms with Gasteiger partial charge in [-0.15, -0.1) is 0 Å². The average molecular weight is 382 g/mol. The van der Waals surface area contributed by atoms with E-state index in [0.717, 1.165) is 12.8 Å². The first-order chi connectivity index (χ1) is 12.3. The molecule has 1 N–H and O–H groups in total. The van der Waals surface area contributed by atoms with Crippen molar-refractivity contribution in [2.24, 2.45) is 18.4 Å². The van der Waals surface area contributed by atoms with Crippen molar-refractivity contribution < 1.29 is 18.3 Å². The Morgan fingerprint density at radius 1 is 1.23 bits per heavy atom. The number of aliphatic carboxylic acids is 1. The fourth-order valence-electron chi connectivity index (χ4n) is 4.92. The molecule has 3 aliphatic rings. The Bertz CT molecular complexity index is 801. The number of nitrogens with zero attached hydrogens (tertiary/aromatic N) is 4. The van der Waals surface area contributed by atoms with Crippen LogP contribution in [0, 0.1) is 11.3 Å². The summed E-state index contributed by atoms with van der Waals surface area (Å²) in [5, 5.41) is 9.97. The molecule has 2 atom stereocenters. The van der Waals surface area contributed by atoms with Gasteiger partial charge in [-0.05, 0) is 12.8 Å². The molecule has 144 valence electrons. The summed E-state index contributed by atoms with van der Waals surface area (Å²) in [6.45, 7) is 1.42. The zero-order chi connectivity index (χ0) is 18.5. The Morgan fingerprint density at radius 2 is 1.96 bits per heavy atom. The van der Waals surface area contributed by atoms with Gasteiger partial charge in [0.1, 0.15) is 0 Å². The zero-order valence-corrected chi connectivity index (χ0v) is 15.9. The Hall–Kier alpha value is -1.45. The molecular weight excluding hydrogens is 356 g/mol. The topological polar surface area (TPSA) is 95.7 Å². The number of hydrogen-bond acceptors (Lipinski definition) is 5. The van der Waals surface area contributed by atoms with Crippen LogP contribution in [0.5, 0.6) is 0 Å². The van der Waals surface area contributed by atoms with E-state index in [1.54, 1.807) is 11.6 Å². The van der Waals surface area contributed by atoms with Crippen LogP contribution in [-0.2, 0) is 21.9 Å². The van der Waals surface area contributed by atoms with Crippen molar-refractivity contribution in [2.45, 2.75) is 43.2 Å². The van der Waals surface area contributed by atoms with Gasteiger partial charge in [-0.3, -0.25) is 9.69 Å². The van der Waals surface area contributed by atoms with E-state index in [4.69, 9.17) is 0 Å². The minimum absolute atomic E-state index is 0.00958. The van der Waals surface area contributed by atoms with E-state index in [1.165, 1.54) is 36.1 Å². The van der Waals surface area contributed by atoms with Crippen LogP contribution in [0.1, 0.15) is 32.1 Å². The molecule has 1 aromatic rings. The number of carboxylic acids is 1. The lowest BCUT2D eigenvalue weighted by atomic mass is 9.81. The van der Waals surface area contributed by atoms with Crippen molar-refractivity contribution >= 4 is 16.0 Å². The molecule has 0 amide bonds. The van der Waals surface area contributed by atoms with Gasteiger partial charge in [0.05, 0.1) is 11.7 Å². The van der Waals surface area contributed by atoms with Crippen LogP contribution in [-0.4, -0.2) is 70.5 Å². The van der Waals surface area contributed by atoms with Gasteiger partial charge in [0.15, 0.2) is 5.03 Å². The molecule has 0 bridgehead atoms. The number of imidazole rings is 1. The summed E-state index contributed by atoms with van der Waals surface area (Å²) in [4.78, 5) is 18.4. The van der Waals surface area contributed by atoms with Gasteiger partial charge in [-0.25, -0.2) is 13.4 Å².